The molecule has 20 heavy (non-hydrogen) atoms. The van der Waals surface area contributed by atoms with E-state index in [4.69, 9.17) is 16.3 Å². The average molecular weight is 289 g/mol. The third-order valence-corrected chi connectivity index (χ3v) is 2.85. The Bertz CT molecular complexity index is 579. The normalized spacial score (nSPS) is 10.8. The highest BCUT2D eigenvalue weighted by Gasteiger charge is 1.97. The van der Waals surface area contributed by atoms with Gasteiger partial charge in [0.15, 0.2) is 0 Å². The summed E-state index contributed by atoms with van der Waals surface area (Å²) in [4.78, 5) is 0. The number of ether oxygens (including phenoxy) is 1. The molecule has 0 N–H and O–H groups in total. The van der Waals surface area contributed by atoms with Crippen molar-refractivity contribution in [3.8, 4) is 5.75 Å². The second-order valence-corrected chi connectivity index (χ2v) is 5.02. The van der Waals surface area contributed by atoms with Crippen molar-refractivity contribution in [3.05, 3.63) is 64.7 Å². The summed E-state index contributed by atoms with van der Waals surface area (Å²) in [6, 6.07) is 15.5. The van der Waals surface area contributed by atoms with Crippen molar-refractivity contribution in [3.63, 3.8) is 0 Å². The largest absolute Gasteiger partial charge is 0.489 e. The molecule has 0 radical (unpaired) electrons. The summed E-state index contributed by atoms with van der Waals surface area (Å²) in [7, 11) is 3.78. The van der Waals surface area contributed by atoms with Crippen LogP contribution in [0.2, 0.25) is 5.02 Å². The van der Waals surface area contributed by atoms with Gasteiger partial charge in [-0.25, -0.2) is 0 Å². The summed E-state index contributed by atoms with van der Waals surface area (Å²) in [5, 5.41) is 6.66. The molecular formula is C16H17ClN2O. The minimum absolute atomic E-state index is 0.506. The van der Waals surface area contributed by atoms with Crippen LogP contribution in [0.5, 0.6) is 5.75 Å². The zero-order valence-corrected chi connectivity index (χ0v) is 12.3. The predicted molar refractivity (Wildman–Crippen MR) is 83.5 cm³/mol. The predicted octanol–water partition coefficient (Wildman–Crippen LogP) is 3.81. The van der Waals surface area contributed by atoms with Gasteiger partial charge in [-0.1, -0.05) is 23.7 Å². The fourth-order valence-electron chi connectivity index (χ4n) is 1.63. The minimum Gasteiger partial charge on any atom is -0.489 e. The van der Waals surface area contributed by atoms with Gasteiger partial charge in [-0.3, -0.25) is 0 Å². The summed E-state index contributed by atoms with van der Waals surface area (Å²) in [5.74, 6) is 0.826. The molecule has 0 heterocycles. The van der Waals surface area contributed by atoms with E-state index in [-0.39, 0.29) is 0 Å². The number of hydrazone groups is 1. The maximum Gasteiger partial charge on any atom is 0.119 e. The Balaban J connectivity index is 1.94. The van der Waals surface area contributed by atoms with Crippen molar-refractivity contribution < 1.29 is 4.74 Å². The highest BCUT2D eigenvalue weighted by molar-refractivity contribution is 6.30. The van der Waals surface area contributed by atoms with Crippen LogP contribution in [0.15, 0.2) is 53.6 Å². The van der Waals surface area contributed by atoms with Gasteiger partial charge < -0.3 is 9.75 Å². The summed E-state index contributed by atoms with van der Waals surface area (Å²) in [6.07, 6.45) is 1.81. The third-order valence-electron chi connectivity index (χ3n) is 2.61. The SMILES string of the molecule is CN(C)/N=C/c1ccc(OCc2cccc(Cl)c2)cc1. The number of halogens is 1. The first-order valence-corrected chi connectivity index (χ1v) is 6.70. The van der Waals surface area contributed by atoms with Gasteiger partial charge in [0, 0.05) is 19.1 Å². The van der Waals surface area contributed by atoms with Crippen LogP contribution in [0.1, 0.15) is 11.1 Å². The highest BCUT2D eigenvalue weighted by atomic mass is 35.5. The first-order valence-electron chi connectivity index (χ1n) is 6.32. The van der Waals surface area contributed by atoms with Crippen molar-refractivity contribution in [1.29, 1.82) is 0 Å². The van der Waals surface area contributed by atoms with E-state index < -0.39 is 0 Å². The van der Waals surface area contributed by atoms with E-state index in [0.29, 0.717) is 6.61 Å². The fraction of sp³-hybridized carbons (Fsp3) is 0.188. The van der Waals surface area contributed by atoms with Gasteiger partial charge in [0.05, 0.1) is 6.21 Å². The van der Waals surface area contributed by atoms with Crippen LogP contribution in [0.25, 0.3) is 0 Å². The van der Waals surface area contributed by atoms with Crippen LogP contribution >= 0.6 is 11.6 Å². The molecule has 0 amide bonds. The molecule has 0 saturated carbocycles. The van der Waals surface area contributed by atoms with Crippen LogP contribution in [-0.2, 0) is 6.61 Å². The molecule has 2 aromatic rings. The molecule has 0 fully saturated rings. The molecule has 3 nitrogen and oxygen atoms in total. The van der Waals surface area contributed by atoms with Crippen LogP contribution < -0.4 is 4.74 Å². The monoisotopic (exact) mass is 288 g/mol. The Morgan fingerprint density at radius 1 is 1.15 bits per heavy atom. The second kappa shape index (κ2) is 6.96. The molecule has 4 heteroatoms. The maximum absolute atomic E-state index is 5.93. The Morgan fingerprint density at radius 2 is 1.90 bits per heavy atom. The van der Waals surface area contributed by atoms with Crippen molar-refractivity contribution in [2.75, 3.05) is 14.1 Å². The number of rotatable bonds is 5. The molecule has 2 rings (SSSR count). The molecule has 0 aliphatic carbocycles. The topological polar surface area (TPSA) is 24.8 Å². The lowest BCUT2D eigenvalue weighted by Crippen LogP contribution is -2.01. The lowest BCUT2D eigenvalue weighted by atomic mass is 10.2. The van der Waals surface area contributed by atoms with Gasteiger partial charge in [0.25, 0.3) is 0 Å². The molecule has 0 spiro atoms. The van der Waals surface area contributed by atoms with Crippen LogP contribution in [0, 0.1) is 0 Å². The molecule has 0 saturated heterocycles. The average Bonchev–Trinajstić information content (AvgIpc) is 2.44. The summed E-state index contributed by atoms with van der Waals surface area (Å²) >= 11 is 5.93. The lowest BCUT2D eigenvalue weighted by molar-refractivity contribution is 0.306. The van der Waals surface area contributed by atoms with E-state index in [1.54, 1.807) is 11.2 Å². The Morgan fingerprint density at radius 3 is 2.55 bits per heavy atom. The van der Waals surface area contributed by atoms with Crippen molar-refractivity contribution in [2.45, 2.75) is 6.61 Å². The zero-order chi connectivity index (χ0) is 14.4. The van der Waals surface area contributed by atoms with Crippen molar-refractivity contribution in [1.82, 2.24) is 5.01 Å². The minimum atomic E-state index is 0.506. The second-order valence-electron chi connectivity index (χ2n) is 4.58. The fourth-order valence-corrected chi connectivity index (χ4v) is 1.84. The number of hydrogen-bond acceptors (Lipinski definition) is 3. The van der Waals surface area contributed by atoms with Gasteiger partial charge in [-0.05, 0) is 47.5 Å². The number of nitrogens with zero attached hydrogens (tertiary/aromatic N) is 2. The molecular weight excluding hydrogens is 272 g/mol. The van der Waals surface area contributed by atoms with E-state index in [0.717, 1.165) is 21.9 Å². The highest BCUT2D eigenvalue weighted by Crippen LogP contribution is 2.15. The summed E-state index contributed by atoms with van der Waals surface area (Å²) in [6.45, 7) is 0.506. The molecule has 0 bridgehead atoms. The van der Waals surface area contributed by atoms with Gasteiger partial charge in [-0.15, -0.1) is 0 Å². The zero-order valence-electron chi connectivity index (χ0n) is 11.6. The Hall–Kier alpha value is -2.00. The van der Waals surface area contributed by atoms with E-state index in [1.165, 1.54) is 0 Å². The van der Waals surface area contributed by atoms with Crippen LogP contribution in [-0.4, -0.2) is 25.3 Å². The van der Waals surface area contributed by atoms with Gasteiger partial charge in [0.2, 0.25) is 0 Å². The standard InChI is InChI=1S/C16H17ClN2O/c1-19(2)18-11-13-6-8-16(9-7-13)20-12-14-4-3-5-15(17)10-14/h3-11H,12H2,1-2H3/b18-11+. The third kappa shape index (κ3) is 4.59. The molecule has 0 aliphatic rings. The van der Waals surface area contributed by atoms with E-state index >= 15 is 0 Å². The van der Waals surface area contributed by atoms with Crippen molar-refractivity contribution >= 4 is 17.8 Å². The molecule has 0 atom stereocenters. The Labute approximate surface area is 124 Å². The van der Waals surface area contributed by atoms with Gasteiger partial charge in [-0.2, -0.15) is 5.10 Å². The van der Waals surface area contributed by atoms with E-state index in [9.17, 15) is 0 Å². The van der Waals surface area contributed by atoms with Crippen LogP contribution in [0.4, 0.5) is 0 Å². The van der Waals surface area contributed by atoms with Crippen molar-refractivity contribution in [2.24, 2.45) is 5.10 Å². The first kappa shape index (κ1) is 14.4. The van der Waals surface area contributed by atoms with Gasteiger partial charge in [0.1, 0.15) is 12.4 Å². The first-order chi connectivity index (χ1) is 9.63. The molecule has 0 unspecified atom stereocenters. The van der Waals surface area contributed by atoms with Crippen LogP contribution in [0.3, 0.4) is 0 Å². The molecule has 2 aromatic carbocycles. The summed E-state index contributed by atoms with van der Waals surface area (Å²) < 4.78 is 5.71. The lowest BCUT2D eigenvalue weighted by Gasteiger charge is -2.07. The summed E-state index contributed by atoms with van der Waals surface area (Å²) in [5.41, 5.74) is 2.09. The molecule has 0 aromatic heterocycles. The maximum atomic E-state index is 5.93. The molecule has 0 aliphatic heterocycles. The quantitative estimate of drug-likeness (QED) is 0.617. The number of hydrogen-bond donors (Lipinski definition) is 0. The van der Waals surface area contributed by atoms with E-state index in [2.05, 4.69) is 5.10 Å². The Kier molecular flexibility index (Phi) is 5.02. The smallest absolute Gasteiger partial charge is 0.119 e. The molecule has 104 valence electrons. The number of benzene rings is 2. The van der Waals surface area contributed by atoms with E-state index in [1.807, 2.05) is 62.6 Å². The van der Waals surface area contributed by atoms with Gasteiger partial charge >= 0.3 is 0 Å².